The molecule has 1 aliphatic heterocycles. The number of aromatic nitrogens is 5. The number of anilines is 1. The van der Waals surface area contributed by atoms with Crippen LogP contribution >= 0.6 is 0 Å². The van der Waals surface area contributed by atoms with Crippen LogP contribution in [0.2, 0.25) is 0 Å². The lowest BCUT2D eigenvalue weighted by Gasteiger charge is -2.25. The minimum Gasteiger partial charge on any atom is -0.369 e. The van der Waals surface area contributed by atoms with Crippen LogP contribution in [0.1, 0.15) is 35.4 Å². The van der Waals surface area contributed by atoms with E-state index in [-0.39, 0.29) is 17.7 Å². The molecule has 0 bridgehead atoms. The smallest absolute Gasteiger partial charge is 0.353 e. The maximum absolute atomic E-state index is 13.8. The number of likely N-dealkylation sites (tertiary alicyclic amines) is 1. The van der Waals surface area contributed by atoms with Crippen molar-refractivity contribution in [2.24, 2.45) is 5.73 Å². The summed E-state index contributed by atoms with van der Waals surface area (Å²) in [6.45, 7) is 6.66. The molecule has 1 fully saturated rings. The average Bonchev–Trinajstić information content (AvgIpc) is 3.52. The molecular weight excluding hydrogens is 500 g/mol. The molecule has 4 N–H and O–H groups in total. The second kappa shape index (κ2) is 10.7. The fraction of sp³-hybridized carbons (Fsp3) is 0.290. The normalized spacial score (nSPS) is 15.7. The second-order valence-corrected chi connectivity index (χ2v) is 10.6. The van der Waals surface area contributed by atoms with E-state index in [0.29, 0.717) is 24.4 Å². The van der Waals surface area contributed by atoms with E-state index in [2.05, 4.69) is 28.1 Å². The lowest BCUT2D eigenvalue weighted by Crippen LogP contribution is -2.36. The molecule has 3 aromatic heterocycles. The summed E-state index contributed by atoms with van der Waals surface area (Å²) in [5, 5.41) is 4.91. The van der Waals surface area contributed by atoms with Crippen molar-refractivity contribution >= 4 is 11.6 Å². The van der Waals surface area contributed by atoms with Gasteiger partial charge in [0.1, 0.15) is 0 Å². The van der Waals surface area contributed by atoms with Gasteiger partial charge < -0.3 is 11.5 Å². The molecule has 0 radical (unpaired) electrons. The van der Waals surface area contributed by atoms with E-state index in [4.69, 9.17) is 21.5 Å². The van der Waals surface area contributed by atoms with Crippen molar-refractivity contribution in [3.05, 3.63) is 99.7 Å². The van der Waals surface area contributed by atoms with Crippen LogP contribution in [0.5, 0.6) is 0 Å². The van der Waals surface area contributed by atoms with Gasteiger partial charge in [-0.3, -0.25) is 9.88 Å². The predicted molar refractivity (Wildman–Crippen MR) is 158 cm³/mol. The highest BCUT2D eigenvalue weighted by atomic mass is 16.2. The lowest BCUT2D eigenvalue weighted by molar-refractivity contribution is 0.217. The first kappa shape index (κ1) is 25.9. The summed E-state index contributed by atoms with van der Waals surface area (Å²) >= 11 is 0. The predicted octanol–water partition coefficient (Wildman–Crippen LogP) is 3.94. The molecule has 40 heavy (non-hydrogen) atoms. The Labute approximate surface area is 233 Å². The van der Waals surface area contributed by atoms with Gasteiger partial charge in [-0.2, -0.15) is 0 Å². The number of hydrogen-bond donors (Lipinski definition) is 2. The van der Waals surface area contributed by atoms with Crippen LogP contribution < -0.4 is 17.2 Å². The van der Waals surface area contributed by atoms with Crippen molar-refractivity contribution in [3.63, 3.8) is 0 Å². The third-order valence-corrected chi connectivity index (χ3v) is 7.77. The van der Waals surface area contributed by atoms with E-state index in [9.17, 15) is 4.79 Å². The van der Waals surface area contributed by atoms with Crippen molar-refractivity contribution in [1.29, 1.82) is 0 Å². The minimum atomic E-state index is -0.280. The first-order valence-corrected chi connectivity index (χ1v) is 13.7. The zero-order chi connectivity index (χ0) is 27.8. The number of rotatable bonds is 7. The molecule has 0 spiro atoms. The first-order chi connectivity index (χ1) is 19.4. The molecule has 1 aliphatic rings. The van der Waals surface area contributed by atoms with E-state index >= 15 is 0 Å². The molecular formula is C31H34N8O. The van der Waals surface area contributed by atoms with E-state index in [1.807, 2.05) is 62.4 Å². The van der Waals surface area contributed by atoms with Gasteiger partial charge in [-0.15, -0.1) is 5.10 Å². The summed E-state index contributed by atoms with van der Waals surface area (Å²) in [6.07, 6.45) is 2.06. The number of hydrogen-bond acceptors (Lipinski definition) is 7. The Morgan fingerprint density at radius 3 is 2.35 bits per heavy atom. The fourth-order valence-corrected chi connectivity index (χ4v) is 5.91. The summed E-state index contributed by atoms with van der Waals surface area (Å²) in [4.78, 5) is 25.5. The molecule has 0 saturated carbocycles. The highest BCUT2D eigenvalue weighted by Crippen LogP contribution is 2.35. The third kappa shape index (κ3) is 4.78. The fourth-order valence-electron chi connectivity index (χ4n) is 5.91. The summed E-state index contributed by atoms with van der Waals surface area (Å²) in [5.41, 5.74) is 20.1. The second-order valence-electron chi connectivity index (χ2n) is 10.6. The van der Waals surface area contributed by atoms with Crippen molar-refractivity contribution < 1.29 is 0 Å². The van der Waals surface area contributed by atoms with Gasteiger partial charge in [0.25, 0.3) is 0 Å². The number of pyridine rings is 1. The number of aryl methyl sites for hydroxylation is 2. The quantitative estimate of drug-likeness (QED) is 0.324. The van der Waals surface area contributed by atoms with Gasteiger partial charge in [0.05, 0.1) is 17.8 Å². The van der Waals surface area contributed by atoms with Crippen molar-refractivity contribution in [2.75, 3.05) is 12.3 Å². The van der Waals surface area contributed by atoms with Gasteiger partial charge in [0, 0.05) is 36.1 Å². The topological polar surface area (TPSA) is 120 Å². The standard InChI is InChI=1S/C31H34N8O/c1-20-15-25(16-21(2)34-20)27-28(22-9-4-3-5-10-22)35-30(33)39-29(27)36-38(31(39)40)19-26-13-8-14-37(26)18-24-12-7-6-11-23(24)17-32/h3-7,9-12,15-16,26H,8,13-14,17-19,32H2,1-2H3,(H2,33,35). The number of nitrogens with zero attached hydrogens (tertiary/aromatic N) is 6. The summed E-state index contributed by atoms with van der Waals surface area (Å²) in [6, 6.07) is 22.3. The zero-order valence-corrected chi connectivity index (χ0v) is 22.9. The van der Waals surface area contributed by atoms with Crippen LogP contribution in [0.15, 0.2) is 71.5 Å². The van der Waals surface area contributed by atoms with Gasteiger partial charge in [0.15, 0.2) is 5.65 Å². The number of nitrogen functional groups attached to an aromatic ring is 1. The van der Waals surface area contributed by atoms with Gasteiger partial charge in [-0.25, -0.2) is 18.9 Å². The van der Waals surface area contributed by atoms with Gasteiger partial charge in [-0.1, -0.05) is 54.6 Å². The Bertz CT molecular complexity index is 1720. The van der Waals surface area contributed by atoms with Crippen LogP contribution in [0, 0.1) is 13.8 Å². The third-order valence-electron chi connectivity index (χ3n) is 7.77. The number of nitrogens with two attached hydrogens (primary N) is 2. The lowest BCUT2D eigenvalue weighted by atomic mass is 9.99. The molecule has 204 valence electrons. The largest absolute Gasteiger partial charge is 0.369 e. The Balaban J connectivity index is 1.45. The molecule has 1 atom stereocenters. The monoisotopic (exact) mass is 534 g/mol. The molecule has 9 nitrogen and oxygen atoms in total. The summed E-state index contributed by atoms with van der Waals surface area (Å²) in [5.74, 6) is 0.122. The summed E-state index contributed by atoms with van der Waals surface area (Å²) in [7, 11) is 0. The molecule has 1 saturated heterocycles. The van der Waals surface area contributed by atoms with E-state index in [1.165, 1.54) is 9.96 Å². The molecule has 0 aliphatic carbocycles. The number of benzene rings is 2. The van der Waals surface area contributed by atoms with E-state index < -0.39 is 0 Å². The van der Waals surface area contributed by atoms with Crippen LogP contribution in [-0.4, -0.2) is 41.6 Å². The molecule has 4 heterocycles. The summed E-state index contributed by atoms with van der Waals surface area (Å²) < 4.78 is 3.00. The SMILES string of the molecule is Cc1cc(-c2c(-c3ccccc3)nc(N)n3c(=O)n(CC4CCCN4Cc4ccccc4CN)nc23)cc(C)n1. The molecule has 2 aromatic carbocycles. The Morgan fingerprint density at radius 2 is 1.62 bits per heavy atom. The minimum absolute atomic E-state index is 0.122. The van der Waals surface area contributed by atoms with Crippen LogP contribution in [0.25, 0.3) is 28.0 Å². The number of fused-ring (bicyclic) bond motifs is 1. The van der Waals surface area contributed by atoms with Crippen LogP contribution in [0.3, 0.4) is 0 Å². The van der Waals surface area contributed by atoms with Crippen LogP contribution in [0.4, 0.5) is 5.95 Å². The van der Waals surface area contributed by atoms with Crippen molar-refractivity contribution in [1.82, 2.24) is 29.0 Å². The van der Waals surface area contributed by atoms with Crippen molar-refractivity contribution in [3.8, 4) is 22.4 Å². The van der Waals surface area contributed by atoms with E-state index in [1.54, 1.807) is 4.68 Å². The van der Waals surface area contributed by atoms with E-state index in [0.717, 1.165) is 59.6 Å². The Morgan fingerprint density at radius 1 is 0.925 bits per heavy atom. The van der Waals surface area contributed by atoms with Gasteiger partial charge in [0.2, 0.25) is 5.95 Å². The highest BCUT2D eigenvalue weighted by Gasteiger charge is 2.28. The maximum Gasteiger partial charge on any atom is 0.353 e. The maximum atomic E-state index is 13.8. The highest BCUT2D eigenvalue weighted by molar-refractivity contribution is 5.90. The van der Waals surface area contributed by atoms with Gasteiger partial charge in [-0.05, 0) is 62.1 Å². The first-order valence-electron chi connectivity index (χ1n) is 13.7. The average molecular weight is 535 g/mol. The molecule has 9 heteroatoms. The molecule has 0 amide bonds. The molecule has 1 unspecified atom stereocenters. The Kier molecular flexibility index (Phi) is 6.91. The van der Waals surface area contributed by atoms with Crippen LogP contribution in [-0.2, 0) is 19.6 Å². The molecule has 6 rings (SSSR count). The van der Waals surface area contributed by atoms with Crippen molar-refractivity contribution in [2.45, 2.75) is 52.4 Å². The van der Waals surface area contributed by atoms with Gasteiger partial charge >= 0.3 is 5.69 Å². The zero-order valence-electron chi connectivity index (χ0n) is 22.9. The molecule has 5 aromatic rings. The Hall–Kier alpha value is -4.34.